The highest BCUT2D eigenvalue weighted by Crippen LogP contribution is 2.24. The smallest absolute Gasteiger partial charge is 0.246 e. The van der Waals surface area contributed by atoms with Gasteiger partial charge in [-0.15, -0.1) is 0 Å². The minimum absolute atomic E-state index is 0.110. The number of hydrogen-bond acceptors (Lipinski definition) is 4. The Morgan fingerprint density at radius 1 is 0.907 bits per heavy atom. The van der Waals surface area contributed by atoms with Crippen LogP contribution in [0, 0.1) is 5.82 Å². The van der Waals surface area contributed by atoms with Crippen LogP contribution in [0.25, 0.3) is 10.8 Å². The SMILES string of the molecule is CCC[C@@H]1C(=O)N(C(Cc2ccc3ccccc3c2)C(=O)NC(C)C)CCN1C(=O)C(Cc1ccc(F)cc1)NC(C)=O. The predicted octanol–water partition coefficient (Wildman–Crippen LogP) is 4.00. The number of halogens is 1. The Bertz CT molecular complexity index is 1460. The van der Waals surface area contributed by atoms with Gasteiger partial charge in [0.25, 0.3) is 0 Å². The summed E-state index contributed by atoms with van der Waals surface area (Å²) >= 11 is 0. The van der Waals surface area contributed by atoms with Crippen molar-refractivity contribution in [2.24, 2.45) is 0 Å². The summed E-state index contributed by atoms with van der Waals surface area (Å²) < 4.78 is 13.5. The molecule has 1 aliphatic heterocycles. The van der Waals surface area contributed by atoms with E-state index in [0.717, 1.165) is 16.3 Å². The van der Waals surface area contributed by atoms with Crippen LogP contribution in [0.1, 0.15) is 51.7 Å². The Labute approximate surface area is 252 Å². The molecule has 43 heavy (non-hydrogen) atoms. The molecule has 0 saturated carbocycles. The fourth-order valence-corrected chi connectivity index (χ4v) is 5.75. The van der Waals surface area contributed by atoms with Crippen molar-refractivity contribution in [2.45, 2.75) is 77.5 Å². The number of nitrogens with zero attached hydrogens (tertiary/aromatic N) is 2. The quantitative estimate of drug-likeness (QED) is 0.354. The monoisotopic (exact) mass is 588 g/mol. The van der Waals surface area contributed by atoms with Gasteiger partial charge in [-0.05, 0) is 54.3 Å². The first kappa shape index (κ1) is 31.7. The predicted molar refractivity (Wildman–Crippen MR) is 165 cm³/mol. The van der Waals surface area contributed by atoms with Gasteiger partial charge in [-0.3, -0.25) is 19.2 Å². The summed E-state index contributed by atoms with van der Waals surface area (Å²) in [6.45, 7) is 7.44. The lowest BCUT2D eigenvalue weighted by atomic mass is 9.96. The Hall–Kier alpha value is -4.27. The summed E-state index contributed by atoms with van der Waals surface area (Å²) in [5, 5.41) is 7.86. The Morgan fingerprint density at radius 2 is 1.58 bits per heavy atom. The van der Waals surface area contributed by atoms with Crippen molar-refractivity contribution < 1.29 is 23.6 Å². The molecule has 1 fully saturated rings. The number of carbonyl (C=O) groups excluding carboxylic acids is 4. The summed E-state index contributed by atoms with van der Waals surface area (Å²) in [4.78, 5) is 56.8. The molecule has 0 aromatic heterocycles. The molecule has 4 amide bonds. The van der Waals surface area contributed by atoms with Crippen LogP contribution in [-0.2, 0) is 32.0 Å². The molecule has 0 bridgehead atoms. The number of rotatable bonds is 11. The van der Waals surface area contributed by atoms with Gasteiger partial charge in [0.15, 0.2) is 0 Å². The number of piperazine rings is 1. The molecule has 3 atom stereocenters. The molecule has 1 saturated heterocycles. The van der Waals surface area contributed by atoms with E-state index in [1.165, 1.54) is 19.1 Å². The molecule has 2 unspecified atom stereocenters. The number of fused-ring (bicyclic) bond motifs is 1. The van der Waals surface area contributed by atoms with Gasteiger partial charge in [-0.1, -0.05) is 67.9 Å². The third-order valence-electron chi connectivity index (χ3n) is 7.75. The first-order chi connectivity index (χ1) is 20.6. The minimum Gasteiger partial charge on any atom is -0.352 e. The molecule has 2 N–H and O–H groups in total. The van der Waals surface area contributed by atoms with E-state index in [9.17, 15) is 23.6 Å². The third kappa shape index (κ3) is 7.97. The van der Waals surface area contributed by atoms with Crippen LogP contribution in [0.5, 0.6) is 0 Å². The van der Waals surface area contributed by atoms with E-state index in [-0.39, 0.29) is 49.2 Å². The number of carbonyl (C=O) groups is 4. The second kappa shape index (κ2) is 14.3. The van der Waals surface area contributed by atoms with Gasteiger partial charge in [0, 0.05) is 38.9 Å². The van der Waals surface area contributed by atoms with Crippen LogP contribution in [0.15, 0.2) is 66.7 Å². The van der Waals surface area contributed by atoms with Crippen molar-refractivity contribution in [1.82, 2.24) is 20.4 Å². The molecular formula is C34H41FN4O4. The molecule has 0 radical (unpaired) electrons. The van der Waals surface area contributed by atoms with E-state index in [2.05, 4.69) is 10.6 Å². The summed E-state index contributed by atoms with van der Waals surface area (Å²) in [6, 6.07) is 17.3. The molecule has 228 valence electrons. The standard InChI is InChI=1S/C34H41FN4O4/c1-5-8-30-34(43)39(18-17-38(30)33(42)29(37-23(4)40)20-24-12-15-28(35)16-13-24)31(32(41)36-22(2)3)21-25-11-14-26-9-6-7-10-27(26)19-25/h6-7,9-16,19,22,29-31H,5,8,17-18,20-21H2,1-4H3,(H,36,41)(H,37,40)/t29?,30-,31?/m1/s1. The first-order valence-corrected chi connectivity index (χ1v) is 15.0. The highest BCUT2D eigenvalue weighted by atomic mass is 19.1. The zero-order valence-electron chi connectivity index (χ0n) is 25.3. The third-order valence-corrected chi connectivity index (χ3v) is 7.75. The van der Waals surface area contributed by atoms with Crippen molar-refractivity contribution in [3.63, 3.8) is 0 Å². The summed E-state index contributed by atoms with van der Waals surface area (Å²) in [5.41, 5.74) is 1.62. The van der Waals surface area contributed by atoms with E-state index in [0.29, 0.717) is 24.8 Å². The van der Waals surface area contributed by atoms with Crippen molar-refractivity contribution in [3.05, 3.63) is 83.7 Å². The minimum atomic E-state index is -0.917. The van der Waals surface area contributed by atoms with Gasteiger partial charge in [0.05, 0.1) is 0 Å². The van der Waals surface area contributed by atoms with Gasteiger partial charge in [-0.2, -0.15) is 0 Å². The maximum absolute atomic E-state index is 14.1. The molecule has 0 aliphatic carbocycles. The number of hydrogen-bond donors (Lipinski definition) is 2. The lowest BCUT2D eigenvalue weighted by Gasteiger charge is -2.44. The maximum atomic E-state index is 14.1. The van der Waals surface area contributed by atoms with Crippen LogP contribution in [0.3, 0.4) is 0 Å². The van der Waals surface area contributed by atoms with Gasteiger partial charge in [0.1, 0.15) is 23.9 Å². The molecule has 0 spiro atoms. The van der Waals surface area contributed by atoms with E-state index in [1.54, 1.807) is 21.9 Å². The summed E-state index contributed by atoms with van der Waals surface area (Å²) in [6.07, 6.45) is 1.55. The largest absolute Gasteiger partial charge is 0.352 e. The van der Waals surface area contributed by atoms with E-state index < -0.39 is 23.9 Å². The van der Waals surface area contributed by atoms with Crippen molar-refractivity contribution in [1.29, 1.82) is 0 Å². The lowest BCUT2D eigenvalue weighted by Crippen LogP contribution is -2.66. The van der Waals surface area contributed by atoms with Crippen molar-refractivity contribution in [2.75, 3.05) is 13.1 Å². The Balaban J connectivity index is 1.60. The van der Waals surface area contributed by atoms with Crippen LogP contribution >= 0.6 is 0 Å². The molecule has 8 nitrogen and oxygen atoms in total. The summed E-state index contributed by atoms with van der Waals surface area (Å²) in [7, 11) is 0. The van der Waals surface area contributed by atoms with E-state index >= 15 is 0 Å². The van der Waals surface area contributed by atoms with E-state index in [1.807, 2.05) is 63.2 Å². The lowest BCUT2D eigenvalue weighted by molar-refractivity contribution is -0.157. The molecule has 3 aromatic rings. The maximum Gasteiger partial charge on any atom is 0.246 e. The highest BCUT2D eigenvalue weighted by Gasteiger charge is 2.43. The van der Waals surface area contributed by atoms with Crippen molar-refractivity contribution >= 4 is 34.4 Å². The summed E-state index contributed by atoms with van der Waals surface area (Å²) in [5.74, 6) is -1.66. The van der Waals surface area contributed by atoms with Crippen LogP contribution in [0.2, 0.25) is 0 Å². The van der Waals surface area contributed by atoms with Gasteiger partial charge >= 0.3 is 0 Å². The number of benzene rings is 3. The fourth-order valence-electron chi connectivity index (χ4n) is 5.75. The van der Waals surface area contributed by atoms with E-state index in [4.69, 9.17) is 0 Å². The van der Waals surface area contributed by atoms with Crippen molar-refractivity contribution in [3.8, 4) is 0 Å². The van der Waals surface area contributed by atoms with Crippen LogP contribution in [-0.4, -0.2) is 70.7 Å². The molecule has 9 heteroatoms. The Kier molecular flexibility index (Phi) is 10.5. The zero-order chi connectivity index (χ0) is 31.1. The van der Waals surface area contributed by atoms with Gasteiger partial charge in [-0.25, -0.2) is 4.39 Å². The van der Waals surface area contributed by atoms with Gasteiger partial charge in [0.2, 0.25) is 23.6 Å². The topological polar surface area (TPSA) is 98.8 Å². The normalized spacial score (nSPS) is 16.7. The fraction of sp³-hybridized carbons (Fsp3) is 0.412. The number of nitrogens with one attached hydrogen (secondary N) is 2. The zero-order valence-corrected chi connectivity index (χ0v) is 25.3. The molecule has 1 aliphatic rings. The average molecular weight is 589 g/mol. The molecule has 3 aromatic carbocycles. The Morgan fingerprint density at radius 3 is 2.23 bits per heavy atom. The van der Waals surface area contributed by atoms with Crippen LogP contribution in [0.4, 0.5) is 4.39 Å². The molecule has 4 rings (SSSR count). The average Bonchev–Trinajstić information content (AvgIpc) is 2.97. The van der Waals surface area contributed by atoms with Crippen LogP contribution < -0.4 is 10.6 Å². The second-order valence-electron chi connectivity index (χ2n) is 11.5. The van der Waals surface area contributed by atoms with Gasteiger partial charge < -0.3 is 20.4 Å². The molecule has 1 heterocycles. The number of amides is 4. The first-order valence-electron chi connectivity index (χ1n) is 15.0. The second-order valence-corrected chi connectivity index (χ2v) is 11.5. The highest BCUT2D eigenvalue weighted by molar-refractivity contribution is 5.95. The molecular weight excluding hydrogens is 547 g/mol.